The maximum Gasteiger partial charge on any atom is 0.239 e. The number of benzene rings is 1. The summed E-state index contributed by atoms with van der Waals surface area (Å²) in [7, 11) is 0. The highest BCUT2D eigenvalue weighted by molar-refractivity contribution is 5.93. The summed E-state index contributed by atoms with van der Waals surface area (Å²) in [5.74, 6) is -0.507. The van der Waals surface area contributed by atoms with E-state index in [9.17, 15) is 4.39 Å². The molecule has 2 aromatic heterocycles. The Morgan fingerprint density at radius 3 is 2.79 bits per heavy atom. The van der Waals surface area contributed by atoms with Crippen LogP contribution in [-0.4, -0.2) is 19.8 Å². The van der Waals surface area contributed by atoms with E-state index in [1.807, 2.05) is 6.07 Å². The molecule has 1 aromatic carbocycles. The second-order valence-electron chi connectivity index (χ2n) is 2.94. The molecule has 0 bridgehead atoms. The van der Waals surface area contributed by atoms with E-state index >= 15 is 0 Å². The van der Waals surface area contributed by atoms with Crippen LogP contribution >= 0.6 is 0 Å². The molecular weight excluding hydrogens is 183 g/mol. The number of fused-ring (bicyclic) bond motifs is 3. The molecule has 0 aliphatic carbocycles. The van der Waals surface area contributed by atoms with Crippen LogP contribution < -0.4 is 0 Å². The average Bonchev–Trinajstić information content (AvgIpc) is 2.66. The fourth-order valence-electron chi connectivity index (χ4n) is 1.49. The standard InChI is InChI=1S/C9H5FN4/c10-8-6-3-1-2-4-7(6)9-12-11-5-14(9)13-8/h1-5H. The first-order chi connectivity index (χ1) is 6.86. The van der Waals surface area contributed by atoms with Crippen molar-refractivity contribution in [3.05, 3.63) is 36.5 Å². The smallest absolute Gasteiger partial charge is 0.197 e. The Balaban J connectivity index is 2.67. The van der Waals surface area contributed by atoms with Crippen LogP contribution in [-0.2, 0) is 0 Å². The van der Waals surface area contributed by atoms with Crippen molar-refractivity contribution < 1.29 is 4.39 Å². The molecule has 0 saturated carbocycles. The van der Waals surface area contributed by atoms with E-state index in [2.05, 4.69) is 15.3 Å². The topological polar surface area (TPSA) is 43.1 Å². The third kappa shape index (κ3) is 0.834. The minimum absolute atomic E-state index is 0.466. The molecule has 3 rings (SSSR count). The Hall–Kier alpha value is -2.04. The summed E-state index contributed by atoms with van der Waals surface area (Å²) >= 11 is 0. The van der Waals surface area contributed by atoms with Gasteiger partial charge in [-0.1, -0.05) is 18.2 Å². The van der Waals surface area contributed by atoms with E-state index in [-0.39, 0.29) is 0 Å². The van der Waals surface area contributed by atoms with Gasteiger partial charge in [-0.25, -0.2) is 0 Å². The largest absolute Gasteiger partial charge is 0.239 e. The zero-order valence-electron chi connectivity index (χ0n) is 7.05. The van der Waals surface area contributed by atoms with Gasteiger partial charge in [0.15, 0.2) is 5.65 Å². The molecular formula is C9H5FN4. The number of rotatable bonds is 0. The summed E-state index contributed by atoms with van der Waals surface area (Å²) in [6, 6.07) is 7.06. The van der Waals surface area contributed by atoms with Gasteiger partial charge in [-0.05, 0) is 6.07 Å². The number of hydrogen-bond donors (Lipinski definition) is 0. The molecule has 2 heterocycles. The van der Waals surface area contributed by atoms with Crippen molar-refractivity contribution in [1.82, 2.24) is 19.8 Å². The van der Waals surface area contributed by atoms with Crippen molar-refractivity contribution in [2.45, 2.75) is 0 Å². The molecule has 4 nitrogen and oxygen atoms in total. The summed E-state index contributed by atoms with van der Waals surface area (Å²) in [5.41, 5.74) is 0.571. The molecule has 0 fully saturated rings. The van der Waals surface area contributed by atoms with Crippen molar-refractivity contribution in [2.75, 3.05) is 0 Å². The highest BCUT2D eigenvalue weighted by atomic mass is 19.1. The molecule has 0 amide bonds. The maximum atomic E-state index is 13.4. The summed E-state index contributed by atoms with van der Waals surface area (Å²) in [5, 5.41) is 12.4. The van der Waals surface area contributed by atoms with E-state index in [1.165, 1.54) is 10.8 Å². The lowest BCUT2D eigenvalue weighted by atomic mass is 10.2. The van der Waals surface area contributed by atoms with Crippen molar-refractivity contribution in [3.63, 3.8) is 0 Å². The van der Waals surface area contributed by atoms with Crippen LogP contribution in [0, 0.1) is 5.95 Å². The second kappa shape index (κ2) is 2.47. The summed E-state index contributed by atoms with van der Waals surface area (Å²) < 4.78 is 14.7. The van der Waals surface area contributed by atoms with Gasteiger partial charge in [0.1, 0.15) is 6.33 Å². The van der Waals surface area contributed by atoms with Crippen LogP contribution in [0.5, 0.6) is 0 Å². The fraction of sp³-hybridized carbons (Fsp3) is 0. The highest BCUT2D eigenvalue weighted by Gasteiger charge is 2.07. The van der Waals surface area contributed by atoms with Gasteiger partial charge in [-0.15, -0.1) is 15.3 Å². The average molecular weight is 188 g/mol. The molecule has 0 saturated heterocycles. The van der Waals surface area contributed by atoms with Gasteiger partial charge in [0, 0.05) is 10.8 Å². The van der Waals surface area contributed by atoms with Gasteiger partial charge < -0.3 is 0 Å². The number of aromatic nitrogens is 4. The first-order valence-corrected chi connectivity index (χ1v) is 4.10. The van der Waals surface area contributed by atoms with Gasteiger partial charge in [-0.3, -0.25) is 0 Å². The molecule has 0 aliphatic heterocycles. The van der Waals surface area contributed by atoms with Crippen molar-refractivity contribution in [2.24, 2.45) is 0 Å². The number of nitrogens with zero attached hydrogens (tertiary/aromatic N) is 4. The SMILES string of the molecule is Fc1nn2cnnc2c2ccccc12. The quantitative estimate of drug-likeness (QED) is 0.535. The van der Waals surface area contributed by atoms with E-state index in [1.54, 1.807) is 18.2 Å². The Morgan fingerprint density at radius 1 is 1.14 bits per heavy atom. The minimum atomic E-state index is -0.507. The predicted molar refractivity (Wildman–Crippen MR) is 48.2 cm³/mol. The Labute approximate surface area is 78.0 Å². The molecule has 3 aromatic rings. The zero-order chi connectivity index (χ0) is 9.54. The van der Waals surface area contributed by atoms with E-state index in [4.69, 9.17) is 0 Å². The normalized spacial score (nSPS) is 11.2. The summed E-state index contributed by atoms with van der Waals surface area (Å²) in [4.78, 5) is 0. The lowest BCUT2D eigenvalue weighted by molar-refractivity contribution is 0.568. The molecule has 0 aliphatic rings. The third-order valence-corrected chi connectivity index (χ3v) is 2.12. The molecule has 0 N–H and O–H groups in total. The fourth-order valence-corrected chi connectivity index (χ4v) is 1.49. The predicted octanol–water partition coefficient (Wildman–Crippen LogP) is 1.42. The van der Waals surface area contributed by atoms with Crippen LogP contribution in [0.15, 0.2) is 30.6 Å². The monoisotopic (exact) mass is 188 g/mol. The zero-order valence-corrected chi connectivity index (χ0v) is 7.05. The first kappa shape index (κ1) is 7.37. The van der Waals surface area contributed by atoms with E-state index < -0.39 is 5.95 Å². The molecule has 0 radical (unpaired) electrons. The molecule has 0 unspecified atom stereocenters. The van der Waals surface area contributed by atoms with E-state index in [0.29, 0.717) is 11.0 Å². The minimum Gasteiger partial charge on any atom is -0.197 e. The number of hydrogen-bond acceptors (Lipinski definition) is 3. The van der Waals surface area contributed by atoms with Crippen LogP contribution in [0.4, 0.5) is 4.39 Å². The first-order valence-electron chi connectivity index (χ1n) is 4.10. The van der Waals surface area contributed by atoms with Crippen LogP contribution in [0.2, 0.25) is 0 Å². The van der Waals surface area contributed by atoms with Crippen LogP contribution in [0.25, 0.3) is 16.4 Å². The van der Waals surface area contributed by atoms with Crippen LogP contribution in [0.3, 0.4) is 0 Å². The van der Waals surface area contributed by atoms with Crippen molar-refractivity contribution in [1.29, 1.82) is 0 Å². The van der Waals surface area contributed by atoms with Gasteiger partial charge in [-0.2, -0.15) is 8.91 Å². The van der Waals surface area contributed by atoms with E-state index in [0.717, 1.165) is 5.39 Å². The third-order valence-electron chi connectivity index (χ3n) is 2.12. The van der Waals surface area contributed by atoms with Crippen molar-refractivity contribution in [3.8, 4) is 0 Å². The molecule has 5 heteroatoms. The maximum absolute atomic E-state index is 13.4. The summed E-state index contributed by atoms with van der Waals surface area (Å²) in [6.45, 7) is 0. The van der Waals surface area contributed by atoms with Gasteiger partial charge in [0.05, 0.1) is 0 Å². The Bertz CT molecular complexity index is 616. The lowest BCUT2D eigenvalue weighted by Gasteiger charge is -1.98. The molecule has 0 atom stereocenters. The lowest BCUT2D eigenvalue weighted by Crippen LogP contribution is -1.96. The van der Waals surface area contributed by atoms with Crippen LogP contribution in [0.1, 0.15) is 0 Å². The molecule has 14 heavy (non-hydrogen) atoms. The molecule has 0 spiro atoms. The van der Waals surface area contributed by atoms with Crippen molar-refractivity contribution >= 4 is 16.4 Å². The van der Waals surface area contributed by atoms with Gasteiger partial charge in [0.2, 0.25) is 5.95 Å². The number of halogens is 1. The Kier molecular flexibility index (Phi) is 1.30. The molecule has 68 valence electrons. The second-order valence-corrected chi connectivity index (χ2v) is 2.94. The highest BCUT2D eigenvalue weighted by Crippen LogP contribution is 2.18. The van der Waals surface area contributed by atoms with Gasteiger partial charge in [0.25, 0.3) is 0 Å². The Morgan fingerprint density at radius 2 is 1.93 bits per heavy atom. The summed E-state index contributed by atoms with van der Waals surface area (Å²) in [6.07, 6.45) is 1.38. The van der Waals surface area contributed by atoms with Gasteiger partial charge >= 0.3 is 0 Å².